The number of amides is 1. The van der Waals surface area contributed by atoms with Gasteiger partial charge in [-0.25, -0.2) is 4.39 Å². The van der Waals surface area contributed by atoms with Crippen LogP contribution in [0.15, 0.2) is 42.5 Å². The third-order valence-corrected chi connectivity index (χ3v) is 7.30. The molecule has 2 aliphatic rings. The molecular weight excluding hydrogens is 496 g/mol. The maximum atomic E-state index is 14.2. The molecule has 2 fully saturated rings. The zero-order valence-corrected chi connectivity index (χ0v) is 22.0. The standard InChI is InChI=1S/C28H37F2N3O5/c1-21-5-3-6-22(15-21)32-11-9-27(35,10-12-32)17-31-13-14-33(25(34)16-37-2)19-28(36,18-31)20-38-24-8-4-7-23(29)26(24)30/h3-8,15,35-36H,9-14,16-20H2,1-2H3/t28-/m1/s1. The highest BCUT2D eigenvalue weighted by molar-refractivity contribution is 5.77. The van der Waals surface area contributed by atoms with Crippen LogP contribution in [0.4, 0.5) is 14.5 Å². The van der Waals surface area contributed by atoms with Crippen molar-refractivity contribution in [1.29, 1.82) is 0 Å². The maximum Gasteiger partial charge on any atom is 0.248 e. The number of rotatable bonds is 8. The average Bonchev–Trinajstić information content (AvgIpc) is 3.04. The van der Waals surface area contributed by atoms with Crippen LogP contribution >= 0.6 is 0 Å². The second kappa shape index (κ2) is 11.9. The Morgan fingerprint density at radius 1 is 1.00 bits per heavy atom. The molecule has 2 saturated heterocycles. The maximum absolute atomic E-state index is 14.2. The molecule has 2 heterocycles. The lowest BCUT2D eigenvalue weighted by molar-refractivity contribution is -0.138. The van der Waals surface area contributed by atoms with Crippen molar-refractivity contribution in [2.24, 2.45) is 0 Å². The summed E-state index contributed by atoms with van der Waals surface area (Å²) in [5, 5.41) is 23.0. The number of β-amino-alcohol motifs (C(OH)–C–C–N with tert-alkyl or cyclic N) is 2. The lowest BCUT2D eigenvalue weighted by atomic mass is 9.90. The minimum absolute atomic E-state index is 0.0673. The summed E-state index contributed by atoms with van der Waals surface area (Å²) in [6.07, 6.45) is 1.10. The highest BCUT2D eigenvalue weighted by atomic mass is 19.2. The summed E-state index contributed by atoms with van der Waals surface area (Å²) in [6.45, 7) is 4.01. The van der Waals surface area contributed by atoms with E-state index in [2.05, 4.69) is 30.0 Å². The number of piperidine rings is 1. The van der Waals surface area contributed by atoms with Crippen LogP contribution in [0, 0.1) is 18.6 Å². The number of ether oxygens (including phenoxy) is 2. The molecular formula is C28H37F2N3O5. The fourth-order valence-electron chi connectivity index (χ4n) is 5.28. The summed E-state index contributed by atoms with van der Waals surface area (Å²) in [4.78, 5) is 18.3. The number of anilines is 1. The molecule has 1 atom stereocenters. The van der Waals surface area contributed by atoms with Gasteiger partial charge in [0.1, 0.15) is 18.8 Å². The van der Waals surface area contributed by atoms with Gasteiger partial charge in [-0.15, -0.1) is 0 Å². The van der Waals surface area contributed by atoms with E-state index in [1.807, 2.05) is 11.0 Å². The Kier molecular flexibility index (Phi) is 8.87. The highest BCUT2D eigenvalue weighted by Gasteiger charge is 2.41. The lowest BCUT2D eigenvalue weighted by Crippen LogP contribution is -2.56. The number of aryl methyl sites for hydroxylation is 1. The summed E-state index contributed by atoms with van der Waals surface area (Å²) in [5.74, 6) is -2.79. The number of methoxy groups -OCH3 is 1. The molecule has 10 heteroatoms. The molecule has 0 saturated carbocycles. The first-order valence-electron chi connectivity index (χ1n) is 12.9. The van der Waals surface area contributed by atoms with Crippen molar-refractivity contribution in [3.8, 4) is 5.75 Å². The zero-order chi connectivity index (χ0) is 27.3. The second-order valence-electron chi connectivity index (χ2n) is 10.6. The largest absolute Gasteiger partial charge is 0.487 e. The summed E-state index contributed by atoms with van der Waals surface area (Å²) in [6, 6.07) is 11.9. The van der Waals surface area contributed by atoms with Crippen LogP contribution in [0.25, 0.3) is 0 Å². The van der Waals surface area contributed by atoms with Gasteiger partial charge in [0.05, 0.1) is 12.1 Å². The predicted octanol–water partition coefficient (Wildman–Crippen LogP) is 2.21. The Hall–Kier alpha value is -2.79. The number of hydrogen-bond acceptors (Lipinski definition) is 7. The van der Waals surface area contributed by atoms with E-state index < -0.39 is 22.8 Å². The molecule has 0 aliphatic carbocycles. The molecule has 2 N–H and O–H groups in total. The molecule has 2 aromatic rings. The lowest BCUT2D eigenvalue weighted by Gasteiger charge is -2.42. The van der Waals surface area contributed by atoms with Crippen molar-refractivity contribution >= 4 is 11.6 Å². The van der Waals surface area contributed by atoms with Crippen LogP contribution < -0.4 is 9.64 Å². The summed E-state index contributed by atoms with van der Waals surface area (Å²) < 4.78 is 38.3. The van der Waals surface area contributed by atoms with Crippen LogP contribution in [0.5, 0.6) is 5.75 Å². The van der Waals surface area contributed by atoms with Crippen molar-refractivity contribution in [2.75, 3.05) is 71.0 Å². The fourth-order valence-corrected chi connectivity index (χ4v) is 5.28. The van der Waals surface area contributed by atoms with Gasteiger partial charge in [0, 0.05) is 52.1 Å². The van der Waals surface area contributed by atoms with E-state index in [9.17, 15) is 23.8 Å². The zero-order valence-electron chi connectivity index (χ0n) is 22.0. The Labute approximate surface area is 222 Å². The third-order valence-electron chi connectivity index (χ3n) is 7.30. The van der Waals surface area contributed by atoms with Crippen LogP contribution in [0.2, 0.25) is 0 Å². The summed E-state index contributed by atoms with van der Waals surface area (Å²) in [7, 11) is 1.42. The molecule has 2 aromatic carbocycles. The van der Waals surface area contributed by atoms with Crippen LogP contribution in [0.1, 0.15) is 18.4 Å². The molecule has 0 radical (unpaired) electrons. The first-order valence-corrected chi connectivity index (χ1v) is 12.9. The average molecular weight is 534 g/mol. The number of nitrogens with zero attached hydrogens (tertiary/aromatic N) is 3. The van der Waals surface area contributed by atoms with E-state index >= 15 is 0 Å². The van der Waals surface area contributed by atoms with Crippen molar-refractivity contribution in [2.45, 2.75) is 31.0 Å². The van der Waals surface area contributed by atoms with Gasteiger partial charge >= 0.3 is 0 Å². The predicted molar refractivity (Wildman–Crippen MR) is 139 cm³/mol. The fraction of sp³-hybridized carbons (Fsp3) is 0.536. The number of halogens is 2. The molecule has 0 aromatic heterocycles. The molecule has 2 aliphatic heterocycles. The van der Waals surface area contributed by atoms with Crippen LogP contribution in [-0.2, 0) is 9.53 Å². The first kappa shape index (κ1) is 28.2. The topological polar surface area (TPSA) is 85.7 Å². The Bertz CT molecular complexity index is 1110. The highest BCUT2D eigenvalue weighted by Crippen LogP contribution is 2.29. The minimum atomic E-state index is -1.59. The van der Waals surface area contributed by atoms with Gasteiger partial charge < -0.3 is 29.5 Å². The van der Waals surface area contributed by atoms with Gasteiger partial charge in [-0.2, -0.15) is 4.39 Å². The molecule has 1 amide bonds. The van der Waals surface area contributed by atoms with E-state index in [-0.39, 0.29) is 38.0 Å². The molecule has 8 nitrogen and oxygen atoms in total. The van der Waals surface area contributed by atoms with Gasteiger partial charge in [0.15, 0.2) is 11.6 Å². The van der Waals surface area contributed by atoms with Crippen molar-refractivity contribution in [3.63, 3.8) is 0 Å². The van der Waals surface area contributed by atoms with Crippen molar-refractivity contribution in [1.82, 2.24) is 9.80 Å². The van der Waals surface area contributed by atoms with E-state index in [1.165, 1.54) is 29.7 Å². The van der Waals surface area contributed by atoms with Gasteiger partial charge in [0.25, 0.3) is 0 Å². The Morgan fingerprint density at radius 3 is 2.45 bits per heavy atom. The molecule has 4 rings (SSSR count). The number of carbonyl (C=O) groups is 1. The third kappa shape index (κ3) is 6.99. The summed E-state index contributed by atoms with van der Waals surface area (Å²) >= 11 is 0. The van der Waals surface area contributed by atoms with Gasteiger partial charge in [-0.3, -0.25) is 9.69 Å². The normalized spacial score (nSPS) is 22.3. The Balaban J connectivity index is 1.45. The number of hydrogen-bond donors (Lipinski definition) is 2. The molecule has 208 valence electrons. The van der Waals surface area contributed by atoms with Crippen molar-refractivity contribution < 1.29 is 33.3 Å². The smallest absolute Gasteiger partial charge is 0.248 e. The number of benzene rings is 2. The SMILES string of the molecule is COCC(=O)N1CCN(CC2(O)CCN(c3cccc(C)c3)CC2)C[C@](O)(COc2cccc(F)c2F)C1. The second-order valence-corrected chi connectivity index (χ2v) is 10.6. The van der Waals surface area contributed by atoms with Gasteiger partial charge in [0.2, 0.25) is 11.7 Å². The molecule has 0 spiro atoms. The number of aliphatic hydroxyl groups is 2. The van der Waals surface area contributed by atoms with E-state index in [0.717, 1.165) is 11.8 Å². The first-order chi connectivity index (χ1) is 18.1. The minimum Gasteiger partial charge on any atom is -0.487 e. The summed E-state index contributed by atoms with van der Waals surface area (Å²) in [5.41, 5.74) is -0.245. The van der Waals surface area contributed by atoms with Crippen LogP contribution in [-0.4, -0.2) is 103 Å². The van der Waals surface area contributed by atoms with Gasteiger partial charge in [-0.1, -0.05) is 18.2 Å². The monoisotopic (exact) mass is 533 g/mol. The molecule has 0 unspecified atom stereocenters. The van der Waals surface area contributed by atoms with E-state index in [0.29, 0.717) is 45.6 Å². The molecule has 0 bridgehead atoms. The quantitative estimate of drug-likeness (QED) is 0.538. The van der Waals surface area contributed by atoms with Gasteiger partial charge in [-0.05, 0) is 49.6 Å². The van der Waals surface area contributed by atoms with E-state index in [4.69, 9.17) is 9.47 Å². The Morgan fingerprint density at radius 2 is 1.74 bits per heavy atom. The molecule has 38 heavy (non-hydrogen) atoms. The van der Waals surface area contributed by atoms with E-state index in [1.54, 1.807) is 0 Å². The number of carbonyl (C=O) groups excluding carboxylic acids is 1. The van der Waals surface area contributed by atoms with Crippen molar-refractivity contribution in [3.05, 3.63) is 59.7 Å². The van der Waals surface area contributed by atoms with Crippen LogP contribution in [0.3, 0.4) is 0 Å².